The molecule has 0 saturated heterocycles. The van der Waals surface area contributed by atoms with Crippen LogP contribution in [0.3, 0.4) is 0 Å². The maximum atomic E-state index is 2.51. The minimum atomic E-state index is 1.19. The Morgan fingerprint density at radius 1 is 0.810 bits per heavy atom. The third-order valence-electron chi connectivity index (χ3n) is 4.32. The first kappa shape index (κ1) is 18.3. The van der Waals surface area contributed by atoms with E-state index in [1.807, 2.05) is 0 Å². The second-order valence-electron chi connectivity index (χ2n) is 6.33. The van der Waals surface area contributed by atoms with E-state index in [0.29, 0.717) is 0 Å². The van der Waals surface area contributed by atoms with E-state index in [9.17, 15) is 0 Å². The minimum absolute atomic E-state index is 1.19. The van der Waals surface area contributed by atoms with E-state index in [2.05, 4.69) is 42.3 Å². The Morgan fingerprint density at radius 2 is 1.48 bits per heavy atom. The molecule has 0 aromatic carbocycles. The number of unbranched alkanes of at least 4 members (excludes halogenated alkanes) is 7. The fraction of sp³-hybridized carbons (Fsp3) is 0.842. The van der Waals surface area contributed by atoms with Gasteiger partial charge in [0.05, 0.1) is 13.1 Å². The molecule has 1 rings (SSSR count). The molecule has 0 N–H and O–H groups in total. The van der Waals surface area contributed by atoms with Crippen LogP contribution >= 0.6 is 0 Å². The van der Waals surface area contributed by atoms with Gasteiger partial charge in [0.1, 0.15) is 12.4 Å². The molecule has 1 aromatic rings. The Morgan fingerprint density at radius 3 is 2.14 bits per heavy atom. The largest absolute Gasteiger partial charge is 0.256 e. The fourth-order valence-electron chi connectivity index (χ4n) is 2.98. The van der Waals surface area contributed by atoms with Crippen molar-refractivity contribution in [2.75, 3.05) is 0 Å². The number of aromatic nitrogens is 2. The molecular formula is C19H37N2+. The van der Waals surface area contributed by atoms with E-state index >= 15 is 0 Å². The first-order chi connectivity index (χ1) is 10.3. The first-order valence-electron chi connectivity index (χ1n) is 9.40. The highest BCUT2D eigenvalue weighted by molar-refractivity contribution is 4.84. The molecule has 0 fully saturated rings. The molecule has 0 atom stereocenters. The Hall–Kier alpha value is -0.790. The van der Waals surface area contributed by atoms with Gasteiger partial charge in [-0.15, -0.1) is 0 Å². The van der Waals surface area contributed by atoms with Crippen molar-refractivity contribution in [2.45, 2.75) is 104 Å². The summed E-state index contributed by atoms with van der Waals surface area (Å²) in [5.41, 5.74) is 0. The van der Waals surface area contributed by atoms with Crippen molar-refractivity contribution in [3.05, 3.63) is 18.2 Å². The lowest BCUT2D eigenvalue weighted by molar-refractivity contribution is -0.704. The Kier molecular flexibility index (Phi) is 10.3. The van der Waals surface area contributed by atoms with Crippen LogP contribution in [0.25, 0.3) is 0 Å². The highest BCUT2D eigenvalue weighted by Gasteiger charge is 2.15. The summed E-state index contributed by atoms with van der Waals surface area (Å²) in [5.74, 6) is 1.54. The average Bonchev–Trinajstić information content (AvgIpc) is 2.87. The van der Waals surface area contributed by atoms with Crippen LogP contribution in [0.1, 0.15) is 90.8 Å². The van der Waals surface area contributed by atoms with Crippen LogP contribution in [-0.4, -0.2) is 4.57 Å². The predicted octanol–water partition coefficient (Wildman–Crippen LogP) is 5.28. The molecule has 2 heteroatoms. The van der Waals surface area contributed by atoms with Gasteiger partial charge in [-0.2, -0.15) is 0 Å². The molecule has 122 valence electrons. The topological polar surface area (TPSA) is 8.81 Å². The number of nitrogens with zero attached hydrogens (tertiary/aromatic N) is 2. The molecule has 0 aliphatic carbocycles. The van der Waals surface area contributed by atoms with Crippen LogP contribution in [0.5, 0.6) is 0 Å². The van der Waals surface area contributed by atoms with Gasteiger partial charge in [-0.3, -0.25) is 0 Å². The lowest BCUT2D eigenvalue weighted by Crippen LogP contribution is -2.37. The normalized spacial score (nSPS) is 11.2. The van der Waals surface area contributed by atoms with Crippen molar-refractivity contribution >= 4 is 0 Å². The van der Waals surface area contributed by atoms with E-state index < -0.39 is 0 Å². The van der Waals surface area contributed by atoms with Gasteiger partial charge in [-0.05, 0) is 25.7 Å². The van der Waals surface area contributed by atoms with Gasteiger partial charge in [0.25, 0.3) is 5.82 Å². The molecule has 0 unspecified atom stereocenters. The summed E-state index contributed by atoms with van der Waals surface area (Å²) in [4.78, 5) is 0. The molecule has 1 heterocycles. The van der Waals surface area contributed by atoms with Gasteiger partial charge >= 0.3 is 0 Å². The van der Waals surface area contributed by atoms with Crippen molar-refractivity contribution in [1.29, 1.82) is 0 Å². The summed E-state index contributed by atoms with van der Waals surface area (Å²) in [6.45, 7) is 9.25. The van der Waals surface area contributed by atoms with E-state index in [4.69, 9.17) is 0 Å². The average molecular weight is 294 g/mol. The van der Waals surface area contributed by atoms with Crippen LogP contribution in [0.4, 0.5) is 0 Å². The number of imidazole rings is 1. The number of hydrogen-bond donors (Lipinski definition) is 0. The number of aryl methyl sites for hydroxylation is 2. The molecule has 0 aliphatic heterocycles. The van der Waals surface area contributed by atoms with E-state index in [-0.39, 0.29) is 0 Å². The minimum Gasteiger partial charge on any atom is -0.234 e. The van der Waals surface area contributed by atoms with Crippen molar-refractivity contribution in [3.8, 4) is 0 Å². The number of hydrogen-bond acceptors (Lipinski definition) is 0. The molecule has 0 saturated carbocycles. The highest BCUT2D eigenvalue weighted by Crippen LogP contribution is 2.09. The zero-order chi connectivity index (χ0) is 15.3. The molecule has 0 aliphatic rings. The van der Waals surface area contributed by atoms with Crippen molar-refractivity contribution in [1.82, 2.24) is 4.57 Å². The summed E-state index contributed by atoms with van der Waals surface area (Å²) in [6.07, 6.45) is 19.4. The van der Waals surface area contributed by atoms with E-state index in [0.717, 1.165) is 0 Å². The summed E-state index contributed by atoms with van der Waals surface area (Å²) in [6, 6.07) is 0. The Bertz CT molecular complexity index is 354. The lowest BCUT2D eigenvalue weighted by Gasteiger charge is -2.04. The van der Waals surface area contributed by atoms with Crippen molar-refractivity contribution in [3.63, 3.8) is 0 Å². The first-order valence-corrected chi connectivity index (χ1v) is 9.40. The standard InChI is InChI=1S/C19H37N2/c1-4-7-9-10-11-12-13-16-21-18-17-20(15-8-5-2)19(21)14-6-3/h17-18H,4-16H2,1-3H3/q+1. The SMILES string of the molecule is CCCCCCCCCn1cc[n+](CCCC)c1CCC. The van der Waals surface area contributed by atoms with E-state index in [1.54, 1.807) is 0 Å². The predicted molar refractivity (Wildman–Crippen MR) is 91.5 cm³/mol. The smallest absolute Gasteiger partial charge is 0.234 e. The number of rotatable bonds is 13. The molecule has 2 nitrogen and oxygen atoms in total. The van der Waals surface area contributed by atoms with E-state index in [1.165, 1.54) is 89.5 Å². The second kappa shape index (κ2) is 11.8. The second-order valence-corrected chi connectivity index (χ2v) is 6.33. The van der Waals surface area contributed by atoms with Crippen LogP contribution in [-0.2, 0) is 19.5 Å². The Labute approximate surface area is 132 Å². The summed E-state index contributed by atoms with van der Waals surface area (Å²) in [5, 5.41) is 0. The monoisotopic (exact) mass is 293 g/mol. The van der Waals surface area contributed by atoms with Crippen molar-refractivity contribution in [2.24, 2.45) is 0 Å². The van der Waals surface area contributed by atoms with Crippen molar-refractivity contribution < 1.29 is 4.57 Å². The van der Waals surface area contributed by atoms with Crippen LogP contribution in [0, 0.1) is 0 Å². The fourth-order valence-corrected chi connectivity index (χ4v) is 2.98. The molecule has 1 aromatic heterocycles. The van der Waals surface area contributed by atoms with Crippen LogP contribution in [0.2, 0.25) is 0 Å². The maximum absolute atomic E-state index is 2.51. The Balaban J connectivity index is 2.34. The summed E-state index contributed by atoms with van der Waals surface area (Å²) >= 11 is 0. The van der Waals surface area contributed by atoms with Gasteiger partial charge in [-0.25, -0.2) is 9.13 Å². The maximum Gasteiger partial charge on any atom is 0.256 e. The van der Waals surface area contributed by atoms with Gasteiger partial charge in [0, 0.05) is 6.42 Å². The molecule has 0 amide bonds. The van der Waals surface area contributed by atoms with Gasteiger partial charge < -0.3 is 0 Å². The quantitative estimate of drug-likeness (QED) is 0.346. The summed E-state index contributed by atoms with van der Waals surface area (Å²) in [7, 11) is 0. The highest BCUT2D eigenvalue weighted by atomic mass is 15.1. The summed E-state index contributed by atoms with van der Waals surface area (Å²) < 4.78 is 4.99. The van der Waals surface area contributed by atoms with Crippen LogP contribution in [0.15, 0.2) is 12.4 Å². The van der Waals surface area contributed by atoms with Gasteiger partial charge in [-0.1, -0.05) is 59.3 Å². The van der Waals surface area contributed by atoms with Gasteiger partial charge in [0.15, 0.2) is 0 Å². The molecule has 0 radical (unpaired) electrons. The molecule has 0 bridgehead atoms. The third kappa shape index (κ3) is 7.15. The lowest BCUT2D eigenvalue weighted by atomic mass is 10.1. The molecular weight excluding hydrogens is 256 g/mol. The molecule has 0 spiro atoms. The van der Waals surface area contributed by atoms with Gasteiger partial charge in [0.2, 0.25) is 0 Å². The zero-order valence-electron chi connectivity index (χ0n) is 14.7. The zero-order valence-corrected chi connectivity index (χ0v) is 14.7. The molecule has 21 heavy (non-hydrogen) atoms. The third-order valence-corrected chi connectivity index (χ3v) is 4.32. The van der Waals surface area contributed by atoms with Crippen LogP contribution < -0.4 is 4.57 Å².